The van der Waals surface area contributed by atoms with Crippen LogP contribution < -0.4 is 5.32 Å². The molecule has 3 rings (SSSR count). The summed E-state index contributed by atoms with van der Waals surface area (Å²) in [6.45, 7) is 1.73. The van der Waals surface area contributed by atoms with Crippen molar-refractivity contribution in [3.8, 4) is 0 Å². The summed E-state index contributed by atoms with van der Waals surface area (Å²) in [6.07, 6.45) is 0.778. The van der Waals surface area contributed by atoms with Crippen LogP contribution in [0.4, 0.5) is 4.39 Å². The fourth-order valence-electron chi connectivity index (χ4n) is 2.83. The highest BCUT2D eigenvalue weighted by Crippen LogP contribution is 2.37. The van der Waals surface area contributed by atoms with Gasteiger partial charge in [0.05, 0.1) is 0 Å². The average molecular weight is 355 g/mol. The average Bonchev–Trinajstić information content (AvgIpc) is 2.34. The molecule has 0 aromatic heterocycles. The highest BCUT2D eigenvalue weighted by atomic mass is 79.9. The van der Waals surface area contributed by atoms with Gasteiger partial charge in [-0.15, -0.1) is 0 Å². The Morgan fingerprint density at radius 1 is 1.20 bits per heavy atom. The lowest BCUT2D eigenvalue weighted by atomic mass is 9.71. The van der Waals surface area contributed by atoms with Crippen LogP contribution in [0, 0.1) is 5.82 Å². The first-order chi connectivity index (χ1) is 9.59. The lowest BCUT2D eigenvalue weighted by Crippen LogP contribution is -2.58. The van der Waals surface area contributed by atoms with Crippen LogP contribution in [0.5, 0.6) is 0 Å². The van der Waals surface area contributed by atoms with Crippen molar-refractivity contribution in [2.75, 3.05) is 13.1 Å². The van der Waals surface area contributed by atoms with Gasteiger partial charge >= 0.3 is 0 Å². The molecule has 104 valence electrons. The molecule has 1 heterocycles. The maximum atomic E-state index is 13.5. The Balaban J connectivity index is 1.96. The van der Waals surface area contributed by atoms with E-state index < -0.39 is 0 Å². The Morgan fingerprint density at radius 2 is 1.95 bits per heavy atom. The second-order valence-corrected chi connectivity index (χ2v) is 6.64. The molecule has 0 spiro atoms. The van der Waals surface area contributed by atoms with E-state index in [1.807, 2.05) is 24.3 Å². The van der Waals surface area contributed by atoms with Crippen LogP contribution in [0.3, 0.4) is 0 Å². The Bertz CT molecular complexity index is 620. The smallest absolute Gasteiger partial charge is 0.124 e. The summed E-state index contributed by atoms with van der Waals surface area (Å²) in [7, 11) is 0. The minimum atomic E-state index is -0.212. The second kappa shape index (κ2) is 5.47. The number of rotatable bonds is 3. The van der Waals surface area contributed by atoms with E-state index >= 15 is 0 Å². The van der Waals surface area contributed by atoms with Crippen LogP contribution in [-0.2, 0) is 11.8 Å². The van der Waals surface area contributed by atoms with Crippen molar-refractivity contribution in [2.45, 2.75) is 11.8 Å². The number of hydrogen-bond acceptors (Lipinski definition) is 1. The molecule has 1 aliphatic rings. The molecule has 0 amide bonds. The normalized spacial score (nSPS) is 16.8. The van der Waals surface area contributed by atoms with Gasteiger partial charge in [-0.25, -0.2) is 4.39 Å². The van der Waals surface area contributed by atoms with Gasteiger partial charge in [0.2, 0.25) is 0 Å². The van der Waals surface area contributed by atoms with Gasteiger partial charge in [-0.05, 0) is 41.8 Å². The monoisotopic (exact) mass is 353 g/mol. The molecule has 1 nitrogen and oxygen atoms in total. The third kappa shape index (κ3) is 2.62. The van der Waals surface area contributed by atoms with Gasteiger partial charge in [0, 0.05) is 28.0 Å². The molecule has 0 unspecified atom stereocenters. The van der Waals surface area contributed by atoms with Crippen molar-refractivity contribution in [2.24, 2.45) is 0 Å². The molecule has 0 atom stereocenters. The summed E-state index contributed by atoms with van der Waals surface area (Å²) in [6, 6.07) is 13.0. The fourth-order valence-corrected chi connectivity index (χ4v) is 3.68. The summed E-state index contributed by atoms with van der Waals surface area (Å²) in [4.78, 5) is 0. The summed E-state index contributed by atoms with van der Waals surface area (Å²) in [5.41, 5.74) is 2.09. The Morgan fingerprint density at radius 3 is 2.55 bits per heavy atom. The first-order valence-corrected chi connectivity index (χ1v) is 7.67. The highest BCUT2D eigenvalue weighted by molar-refractivity contribution is 9.10. The van der Waals surface area contributed by atoms with Gasteiger partial charge in [-0.2, -0.15) is 0 Å². The molecule has 0 radical (unpaired) electrons. The molecule has 1 fully saturated rings. The van der Waals surface area contributed by atoms with Crippen molar-refractivity contribution in [3.05, 3.63) is 68.9 Å². The van der Waals surface area contributed by atoms with Crippen LogP contribution in [0.15, 0.2) is 46.9 Å². The zero-order valence-corrected chi connectivity index (χ0v) is 13.1. The van der Waals surface area contributed by atoms with E-state index in [9.17, 15) is 4.39 Å². The first-order valence-electron chi connectivity index (χ1n) is 6.50. The van der Waals surface area contributed by atoms with Gasteiger partial charge in [-0.1, -0.05) is 45.7 Å². The summed E-state index contributed by atoms with van der Waals surface area (Å²) >= 11 is 9.69. The number of benzene rings is 2. The number of nitrogens with one attached hydrogen (secondary N) is 1. The van der Waals surface area contributed by atoms with Gasteiger partial charge in [0.1, 0.15) is 5.82 Å². The molecule has 2 aromatic carbocycles. The molecule has 0 bridgehead atoms. The molecule has 0 saturated carbocycles. The van der Waals surface area contributed by atoms with Crippen LogP contribution in [-0.4, -0.2) is 13.1 Å². The highest BCUT2D eigenvalue weighted by Gasteiger charge is 2.40. The van der Waals surface area contributed by atoms with Crippen LogP contribution in [0.2, 0.25) is 5.02 Å². The minimum absolute atomic E-state index is 0.0361. The minimum Gasteiger partial charge on any atom is -0.315 e. The molecule has 1 aliphatic heterocycles. The predicted octanol–water partition coefficient (Wildman–Crippen LogP) is 4.33. The van der Waals surface area contributed by atoms with Crippen LogP contribution in [0.25, 0.3) is 0 Å². The molecular weight excluding hydrogens is 341 g/mol. The van der Waals surface area contributed by atoms with E-state index in [4.69, 9.17) is 11.6 Å². The SMILES string of the molecule is Fc1cc(Br)cc(CC2(c3ccccc3Cl)CNC2)c1. The summed E-state index contributed by atoms with van der Waals surface area (Å²) in [5.74, 6) is -0.212. The molecule has 4 heteroatoms. The van der Waals surface area contributed by atoms with Gasteiger partial charge < -0.3 is 5.32 Å². The first kappa shape index (κ1) is 14.1. The third-order valence-corrected chi connectivity index (χ3v) is 4.62. The molecule has 1 N–H and O–H groups in total. The fraction of sp³-hybridized carbons (Fsp3) is 0.250. The Hall–Kier alpha value is -0.900. The predicted molar refractivity (Wildman–Crippen MR) is 83.8 cm³/mol. The molecule has 1 saturated heterocycles. The lowest BCUT2D eigenvalue weighted by Gasteiger charge is -2.44. The van der Waals surface area contributed by atoms with E-state index in [0.717, 1.165) is 40.1 Å². The van der Waals surface area contributed by atoms with E-state index in [-0.39, 0.29) is 11.2 Å². The van der Waals surface area contributed by atoms with Gasteiger partial charge in [0.25, 0.3) is 0 Å². The van der Waals surface area contributed by atoms with Gasteiger partial charge in [0.15, 0.2) is 0 Å². The van der Waals surface area contributed by atoms with Crippen molar-refractivity contribution >= 4 is 27.5 Å². The van der Waals surface area contributed by atoms with E-state index in [1.165, 1.54) is 6.07 Å². The summed E-state index contributed by atoms with van der Waals surface area (Å²) in [5, 5.41) is 4.10. The van der Waals surface area contributed by atoms with Crippen molar-refractivity contribution in [1.29, 1.82) is 0 Å². The standard InChI is InChI=1S/C16H14BrClFN/c17-12-5-11(6-13(19)7-12)8-16(9-20-10-16)14-3-1-2-4-15(14)18/h1-7,20H,8-10H2. The van der Waals surface area contributed by atoms with Crippen molar-refractivity contribution in [3.63, 3.8) is 0 Å². The topological polar surface area (TPSA) is 12.0 Å². The van der Waals surface area contributed by atoms with E-state index in [2.05, 4.69) is 27.3 Å². The van der Waals surface area contributed by atoms with Crippen molar-refractivity contribution < 1.29 is 4.39 Å². The Labute approximate surface area is 131 Å². The number of halogens is 3. The van der Waals surface area contributed by atoms with Gasteiger partial charge in [-0.3, -0.25) is 0 Å². The van der Waals surface area contributed by atoms with Crippen LogP contribution in [0.1, 0.15) is 11.1 Å². The molecule has 2 aromatic rings. The Kier molecular flexibility index (Phi) is 3.85. The quantitative estimate of drug-likeness (QED) is 0.865. The van der Waals surface area contributed by atoms with E-state index in [0.29, 0.717) is 0 Å². The van der Waals surface area contributed by atoms with Crippen LogP contribution >= 0.6 is 27.5 Å². The molecule has 0 aliphatic carbocycles. The zero-order valence-electron chi connectivity index (χ0n) is 10.8. The lowest BCUT2D eigenvalue weighted by molar-refractivity contribution is 0.274. The maximum absolute atomic E-state index is 13.5. The number of hydrogen-bond donors (Lipinski definition) is 1. The van der Waals surface area contributed by atoms with E-state index in [1.54, 1.807) is 6.07 Å². The molecule has 20 heavy (non-hydrogen) atoms. The second-order valence-electron chi connectivity index (χ2n) is 5.32. The third-order valence-electron chi connectivity index (χ3n) is 3.84. The summed E-state index contributed by atoms with van der Waals surface area (Å²) < 4.78 is 14.3. The zero-order chi connectivity index (χ0) is 14.2. The van der Waals surface area contributed by atoms with Crippen molar-refractivity contribution in [1.82, 2.24) is 5.32 Å². The molecular formula is C16H14BrClFN. The maximum Gasteiger partial charge on any atom is 0.124 e. The largest absolute Gasteiger partial charge is 0.315 e.